The molecular formula is C24H22F4N4OS. The van der Waals surface area contributed by atoms with E-state index < -0.39 is 17.1 Å². The van der Waals surface area contributed by atoms with Gasteiger partial charge in [0.05, 0.1) is 10.9 Å². The van der Waals surface area contributed by atoms with Gasteiger partial charge in [-0.1, -0.05) is 42.1 Å². The van der Waals surface area contributed by atoms with Crippen molar-refractivity contribution in [2.75, 3.05) is 31.1 Å². The molecule has 1 aliphatic rings. The average molecular weight is 491 g/mol. The van der Waals surface area contributed by atoms with Crippen molar-refractivity contribution in [2.24, 2.45) is 0 Å². The highest BCUT2D eigenvalue weighted by atomic mass is 32.2. The van der Waals surface area contributed by atoms with Gasteiger partial charge in [-0.3, -0.25) is 4.79 Å². The lowest BCUT2D eigenvalue weighted by atomic mass is 10.1. The smallest absolute Gasteiger partial charge is 0.368 e. The summed E-state index contributed by atoms with van der Waals surface area (Å²) in [5, 5.41) is -0.760. The Morgan fingerprint density at radius 3 is 2.24 bits per heavy atom. The molecule has 1 unspecified atom stereocenters. The molecule has 0 N–H and O–H groups in total. The van der Waals surface area contributed by atoms with E-state index in [0.29, 0.717) is 31.7 Å². The molecular weight excluding hydrogens is 468 g/mol. The minimum absolute atomic E-state index is 0.0977. The highest BCUT2D eigenvalue weighted by molar-refractivity contribution is 8.00. The number of carbonyl (C=O) groups excluding carboxylic acids is 1. The van der Waals surface area contributed by atoms with Crippen molar-refractivity contribution in [1.82, 2.24) is 14.9 Å². The summed E-state index contributed by atoms with van der Waals surface area (Å²) in [7, 11) is 0. The summed E-state index contributed by atoms with van der Waals surface area (Å²) in [4.78, 5) is 24.7. The van der Waals surface area contributed by atoms with Crippen LogP contribution in [0, 0.1) is 5.82 Å². The monoisotopic (exact) mass is 490 g/mol. The molecule has 1 amide bonds. The summed E-state index contributed by atoms with van der Waals surface area (Å²) in [6.07, 6.45) is -4.63. The van der Waals surface area contributed by atoms with Crippen molar-refractivity contribution in [3.63, 3.8) is 0 Å². The van der Waals surface area contributed by atoms with Crippen molar-refractivity contribution in [3.8, 4) is 11.3 Å². The highest BCUT2D eigenvalue weighted by Gasteiger charge is 2.34. The summed E-state index contributed by atoms with van der Waals surface area (Å²) >= 11 is 0.915. The van der Waals surface area contributed by atoms with Crippen molar-refractivity contribution in [2.45, 2.75) is 23.5 Å². The zero-order valence-electron chi connectivity index (χ0n) is 18.3. The first-order valence-electron chi connectivity index (χ1n) is 10.7. The molecule has 0 spiro atoms. The van der Waals surface area contributed by atoms with E-state index in [1.807, 2.05) is 0 Å². The number of thioether (sulfide) groups is 1. The van der Waals surface area contributed by atoms with Gasteiger partial charge >= 0.3 is 6.18 Å². The Balaban J connectivity index is 1.45. The number of amides is 1. The molecule has 2 aromatic carbocycles. The second-order valence-electron chi connectivity index (χ2n) is 7.83. The minimum Gasteiger partial charge on any atom is -0.368 e. The molecule has 3 aromatic rings. The topological polar surface area (TPSA) is 49.3 Å². The van der Waals surface area contributed by atoms with Gasteiger partial charge in [0, 0.05) is 37.4 Å². The molecule has 10 heteroatoms. The van der Waals surface area contributed by atoms with Gasteiger partial charge < -0.3 is 9.80 Å². The van der Waals surface area contributed by atoms with Crippen LogP contribution < -0.4 is 4.90 Å². The van der Waals surface area contributed by atoms with Gasteiger partial charge in [0.1, 0.15) is 11.5 Å². The largest absolute Gasteiger partial charge is 0.433 e. The molecule has 34 heavy (non-hydrogen) atoms. The summed E-state index contributed by atoms with van der Waals surface area (Å²) in [5.74, 6) is -0.498. The number of rotatable bonds is 5. The highest BCUT2D eigenvalue weighted by Crippen LogP contribution is 2.33. The van der Waals surface area contributed by atoms with Crippen LogP contribution in [0.3, 0.4) is 0 Å². The molecule has 2 heterocycles. The van der Waals surface area contributed by atoms with Crippen molar-refractivity contribution in [3.05, 3.63) is 72.2 Å². The van der Waals surface area contributed by atoms with Crippen LogP contribution in [0.1, 0.15) is 12.6 Å². The quantitative estimate of drug-likeness (QED) is 0.282. The first kappa shape index (κ1) is 24.0. The van der Waals surface area contributed by atoms with Gasteiger partial charge in [-0.25, -0.2) is 14.4 Å². The molecule has 1 saturated heterocycles. The first-order chi connectivity index (χ1) is 16.2. The van der Waals surface area contributed by atoms with E-state index in [0.717, 1.165) is 23.5 Å². The minimum atomic E-state index is -4.63. The predicted molar refractivity (Wildman–Crippen MR) is 123 cm³/mol. The SMILES string of the molecule is CC(Sc1nc(-c2ccccc2)cc(C(F)(F)F)n1)C(=O)N1CCN(c2ccc(F)cc2)CC1. The lowest BCUT2D eigenvalue weighted by Gasteiger charge is -2.37. The zero-order chi connectivity index (χ0) is 24.3. The van der Waals surface area contributed by atoms with Gasteiger partial charge in [-0.15, -0.1) is 0 Å². The van der Waals surface area contributed by atoms with Crippen LogP contribution in [0.2, 0.25) is 0 Å². The van der Waals surface area contributed by atoms with E-state index in [4.69, 9.17) is 0 Å². The molecule has 1 fully saturated rings. The summed E-state index contributed by atoms with van der Waals surface area (Å²) < 4.78 is 53.5. The van der Waals surface area contributed by atoms with Crippen LogP contribution in [-0.4, -0.2) is 52.2 Å². The first-order valence-corrected chi connectivity index (χ1v) is 11.6. The predicted octanol–water partition coefficient (Wildman–Crippen LogP) is 5.13. The van der Waals surface area contributed by atoms with Gasteiger partial charge in [0.15, 0.2) is 5.16 Å². The maximum atomic E-state index is 13.4. The molecule has 0 bridgehead atoms. The fourth-order valence-electron chi connectivity index (χ4n) is 3.68. The fraction of sp³-hybridized carbons (Fsp3) is 0.292. The lowest BCUT2D eigenvalue weighted by Crippen LogP contribution is -2.50. The number of benzene rings is 2. The molecule has 4 rings (SSSR count). The number of carbonyl (C=O) groups is 1. The third kappa shape index (κ3) is 5.67. The standard InChI is InChI=1S/C24H22F4N4OS/c1-16(22(33)32-13-11-31(12-14-32)19-9-7-18(25)8-10-19)34-23-29-20(17-5-3-2-4-6-17)15-21(30-23)24(26,27)28/h2-10,15-16H,11-14H2,1H3. The Bertz CT molecular complexity index is 1130. The van der Waals surface area contributed by atoms with E-state index in [1.165, 1.54) is 12.1 Å². The normalized spacial score (nSPS) is 15.3. The molecule has 0 radical (unpaired) electrons. The zero-order valence-corrected chi connectivity index (χ0v) is 19.1. The van der Waals surface area contributed by atoms with Gasteiger partial charge in [0.25, 0.3) is 0 Å². The van der Waals surface area contributed by atoms with Crippen LogP contribution in [0.15, 0.2) is 65.8 Å². The van der Waals surface area contributed by atoms with Crippen LogP contribution >= 0.6 is 11.8 Å². The van der Waals surface area contributed by atoms with Crippen molar-refractivity contribution >= 4 is 23.4 Å². The van der Waals surface area contributed by atoms with E-state index in [2.05, 4.69) is 14.9 Å². The third-order valence-corrected chi connectivity index (χ3v) is 6.43. The van der Waals surface area contributed by atoms with E-state index in [1.54, 1.807) is 54.3 Å². The number of aromatic nitrogens is 2. The van der Waals surface area contributed by atoms with E-state index >= 15 is 0 Å². The Kier molecular flexibility index (Phi) is 7.06. The Morgan fingerprint density at radius 2 is 1.62 bits per heavy atom. The van der Waals surface area contributed by atoms with Crippen LogP contribution in [0.4, 0.5) is 23.2 Å². The molecule has 5 nitrogen and oxygen atoms in total. The number of anilines is 1. The fourth-order valence-corrected chi connectivity index (χ4v) is 4.55. The van der Waals surface area contributed by atoms with E-state index in [9.17, 15) is 22.4 Å². The summed E-state index contributed by atoms with van der Waals surface area (Å²) in [6, 6.07) is 15.6. The maximum absolute atomic E-state index is 13.4. The molecule has 1 atom stereocenters. The summed E-state index contributed by atoms with van der Waals surface area (Å²) in [6.45, 7) is 3.71. The second kappa shape index (κ2) is 10.0. The Hall–Kier alpha value is -3.14. The number of hydrogen-bond donors (Lipinski definition) is 0. The molecule has 1 aromatic heterocycles. The number of alkyl halides is 3. The lowest BCUT2D eigenvalue weighted by molar-refractivity contribution is -0.141. The van der Waals surface area contributed by atoms with Crippen molar-refractivity contribution in [1.29, 1.82) is 0 Å². The van der Waals surface area contributed by atoms with Crippen molar-refractivity contribution < 1.29 is 22.4 Å². The Morgan fingerprint density at radius 1 is 0.971 bits per heavy atom. The van der Waals surface area contributed by atoms with Gasteiger partial charge in [0.2, 0.25) is 5.91 Å². The molecule has 1 aliphatic heterocycles. The number of halogens is 4. The van der Waals surface area contributed by atoms with Gasteiger partial charge in [-0.2, -0.15) is 13.2 Å². The van der Waals surface area contributed by atoms with E-state index in [-0.39, 0.29) is 22.6 Å². The Labute approximate surface area is 198 Å². The maximum Gasteiger partial charge on any atom is 0.433 e. The number of nitrogens with zero attached hydrogens (tertiary/aromatic N) is 4. The van der Waals surface area contributed by atoms with Crippen LogP contribution in [-0.2, 0) is 11.0 Å². The number of hydrogen-bond acceptors (Lipinski definition) is 5. The molecule has 178 valence electrons. The second-order valence-corrected chi connectivity index (χ2v) is 9.14. The summed E-state index contributed by atoms with van der Waals surface area (Å²) in [5.41, 5.74) is 0.518. The third-order valence-electron chi connectivity index (χ3n) is 5.48. The number of piperazine rings is 1. The van der Waals surface area contributed by atoms with Crippen LogP contribution in [0.5, 0.6) is 0 Å². The van der Waals surface area contributed by atoms with Gasteiger partial charge in [-0.05, 0) is 37.3 Å². The molecule has 0 saturated carbocycles. The van der Waals surface area contributed by atoms with Crippen LogP contribution in [0.25, 0.3) is 11.3 Å². The molecule has 0 aliphatic carbocycles. The average Bonchev–Trinajstić information content (AvgIpc) is 2.84.